The van der Waals surface area contributed by atoms with Gasteiger partial charge in [-0.25, -0.2) is 0 Å². The maximum Gasteiger partial charge on any atom is 0.130 e. The third-order valence-corrected chi connectivity index (χ3v) is 2.56. The summed E-state index contributed by atoms with van der Waals surface area (Å²) in [7, 11) is 0. The Labute approximate surface area is 101 Å². The standard InChI is InChI=1S/C14H16N2O/c1-10-6-7-14(11(2)8-10)17-13-5-3-4-12(9-13)16-15/h3-9,16H,15H2,1-2H3. The summed E-state index contributed by atoms with van der Waals surface area (Å²) in [6, 6.07) is 13.7. The Morgan fingerprint density at radius 3 is 2.59 bits per heavy atom. The minimum Gasteiger partial charge on any atom is -0.457 e. The number of benzene rings is 2. The number of hydrazine groups is 1. The smallest absolute Gasteiger partial charge is 0.130 e. The first-order valence-electron chi connectivity index (χ1n) is 5.51. The molecule has 0 spiro atoms. The van der Waals surface area contributed by atoms with Crippen LogP contribution in [0.15, 0.2) is 42.5 Å². The monoisotopic (exact) mass is 228 g/mol. The normalized spacial score (nSPS) is 10.1. The summed E-state index contributed by atoms with van der Waals surface area (Å²) >= 11 is 0. The van der Waals surface area contributed by atoms with E-state index in [0.717, 1.165) is 22.7 Å². The Hall–Kier alpha value is -2.00. The van der Waals surface area contributed by atoms with Crippen LogP contribution in [0.25, 0.3) is 0 Å². The Bertz CT molecular complexity index is 523. The van der Waals surface area contributed by atoms with Crippen LogP contribution in [0, 0.1) is 13.8 Å². The van der Waals surface area contributed by atoms with Crippen molar-refractivity contribution in [2.24, 2.45) is 5.84 Å². The molecule has 2 rings (SSSR count). The van der Waals surface area contributed by atoms with Crippen LogP contribution >= 0.6 is 0 Å². The van der Waals surface area contributed by atoms with Crippen molar-refractivity contribution < 1.29 is 4.74 Å². The third-order valence-electron chi connectivity index (χ3n) is 2.56. The molecule has 0 amide bonds. The van der Waals surface area contributed by atoms with Gasteiger partial charge in [0.2, 0.25) is 0 Å². The lowest BCUT2D eigenvalue weighted by atomic mass is 10.1. The maximum atomic E-state index is 5.81. The van der Waals surface area contributed by atoms with E-state index in [2.05, 4.69) is 18.4 Å². The van der Waals surface area contributed by atoms with Gasteiger partial charge in [0.15, 0.2) is 0 Å². The number of ether oxygens (including phenoxy) is 1. The van der Waals surface area contributed by atoms with Crippen LogP contribution in [0.2, 0.25) is 0 Å². The van der Waals surface area contributed by atoms with Gasteiger partial charge in [-0.05, 0) is 37.6 Å². The lowest BCUT2D eigenvalue weighted by molar-refractivity contribution is 0.479. The molecule has 2 aromatic rings. The molecule has 0 radical (unpaired) electrons. The average Bonchev–Trinajstić information content (AvgIpc) is 2.33. The summed E-state index contributed by atoms with van der Waals surface area (Å²) < 4.78 is 5.81. The second kappa shape index (κ2) is 4.89. The highest BCUT2D eigenvalue weighted by molar-refractivity contribution is 5.49. The molecule has 0 saturated heterocycles. The number of nitrogen functional groups attached to an aromatic ring is 1. The van der Waals surface area contributed by atoms with E-state index in [1.54, 1.807) is 0 Å². The minimum atomic E-state index is 0.771. The summed E-state index contributed by atoms with van der Waals surface area (Å²) in [6.07, 6.45) is 0. The largest absolute Gasteiger partial charge is 0.457 e. The summed E-state index contributed by atoms with van der Waals surface area (Å²) in [5, 5.41) is 0. The van der Waals surface area contributed by atoms with Gasteiger partial charge in [0.1, 0.15) is 11.5 Å². The molecule has 0 aliphatic carbocycles. The number of anilines is 1. The Kier molecular flexibility index (Phi) is 3.30. The second-order valence-electron chi connectivity index (χ2n) is 4.04. The van der Waals surface area contributed by atoms with E-state index in [1.165, 1.54) is 5.56 Å². The van der Waals surface area contributed by atoms with Crippen LogP contribution in [-0.2, 0) is 0 Å². The number of hydrogen-bond donors (Lipinski definition) is 2. The van der Waals surface area contributed by atoms with Crippen molar-refractivity contribution in [3.8, 4) is 11.5 Å². The van der Waals surface area contributed by atoms with E-state index in [9.17, 15) is 0 Å². The van der Waals surface area contributed by atoms with Crippen molar-refractivity contribution in [2.45, 2.75) is 13.8 Å². The van der Waals surface area contributed by atoms with E-state index in [-0.39, 0.29) is 0 Å². The highest BCUT2D eigenvalue weighted by Crippen LogP contribution is 2.27. The van der Waals surface area contributed by atoms with Crippen molar-refractivity contribution in [1.29, 1.82) is 0 Å². The molecule has 0 fully saturated rings. The summed E-state index contributed by atoms with van der Waals surface area (Å²) in [5.74, 6) is 6.99. The van der Waals surface area contributed by atoms with Crippen LogP contribution in [0.5, 0.6) is 11.5 Å². The second-order valence-corrected chi connectivity index (χ2v) is 4.04. The number of rotatable bonds is 3. The van der Waals surface area contributed by atoms with Crippen LogP contribution in [-0.4, -0.2) is 0 Å². The van der Waals surface area contributed by atoms with Crippen LogP contribution in [0.3, 0.4) is 0 Å². The van der Waals surface area contributed by atoms with Gasteiger partial charge in [0.05, 0.1) is 5.69 Å². The van der Waals surface area contributed by atoms with E-state index < -0.39 is 0 Å². The third kappa shape index (κ3) is 2.77. The molecular formula is C14H16N2O. The van der Waals surface area contributed by atoms with E-state index in [0.29, 0.717) is 0 Å². The number of hydrogen-bond acceptors (Lipinski definition) is 3. The van der Waals surface area contributed by atoms with Gasteiger partial charge in [0, 0.05) is 6.07 Å². The molecule has 0 heterocycles. The van der Waals surface area contributed by atoms with Crippen LogP contribution < -0.4 is 16.0 Å². The molecule has 0 aromatic heterocycles. The Morgan fingerprint density at radius 1 is 1.06 bits per heavy atom. The van der Waals surface area contributed by atoms with Crippen molar-refractivity contribution in [3.05, 3.63) is 53.6 Å². The van der Waals surface area contributed by atoms with Crippen LogP contribution in [0.4, 0.5) is 5.69 Å². The first-order valence-corrected chi connectivity index (χ1v) is 5.51. The van der Waals surface area contributed by atoms with Gasteiger partial charge < -0.3 is 10.2 Å². The van der Waals surface area contributed by atoms with Crippen molar-refractivity contribution >= 4 is 5.69 Å². The lowest BCUT2D eigenvalue weighted by Crippen LogP contribution is -2.06. The Balaban J connectivity index is 2.25. The predicted octanol–water partition coefficient (Wildman–Crippen LogP) is 3.38. The maximum absolute atomic E-state index is 5.81. The quantitative estimate of drug-likeness (QED) is 0.625. The minimum absolute atomic E-state index is 0.771. The van der Waals surface area contributed by atoms with Gasteiger partial charge in [-0.2, -0.15) is 0 Å². The van der Waals surface area contributed by atoms with E-state index in [1.807, 2.05) is 43.3 Å². The SMILES string of the molecule is Cc1ccc(Oc2cccc(NN)c2)c(C)c1. The summed E-state index contributed by atoms with van der Waals surface area (Å²) in [4.78, 5) is 0. The zero-order chi connectivity index (χ0) is 12.3. The highest BCUT2D eigenvalue weighted by atomic mass is 16.5. The zero-order valence-electron chi connectivity index (χ0n) is 10.0. The van der Waals surface area contributed by atoms with Crippen LogP contribution in [0.1, 0.15) is 11.1 Å². The molecule has 0 atom stereocenters. The summed E-state index contributed by atoms with van der Waals surface area (Å²) in [5.41, 5.74) is 5.77. The molecule has 3 N–H and O–H groups in total. The first kappa shape index (κ1) is 11.5. The Morgan fingerprint density at radius 2 is 1.88 bits per heavy atom. The number of aryl methyl sites for hydroxylation is 2. The molecule has 0 unspecified atom stereocenters. The van der Waals surface area contributed by atoms with Gasteiger partial charge in [-0.3, -0.25) is 5.84 Å². The number of nitrogens with one attached hydrogen (secondary N) is 1. The molecule has 0 aliphatic rings. The molecule has 0 saturated carbocycles. The fraction of sp³-hybridized carbons (Fsp3) is 0.143. The average molecular weight is 228 g/mol. The highest BCUT2D eigenvalue weighted by Gasteiger charge is 2.02. The fourth-order valence-corrected chi connectivity index (χ4v) is 1.69. The molecular weight excluding hydrogens is 212 g/mol. The first-order chi connectivity index (χ1) is 8.19. The topological polar surface area (TPSA) is 47.3 Å². The van der Waals surface area contributed by atoms with E-state index >= 15 is 0 Å². The molecule has 3 nitrogen and oxygen atoms in total. The molecule has 3 heteroatoms. The zero-order valence-corrected chi connectivity index (χ0v) is 10.0. The number of nitrogens with two attached hydrogens (primary N) is 1. The fourth-order valence-electron chi connectivity index (χ4n) is 1.69. The van der Waals surface area contributed by atoms with Crippen molar-refractivity contribution in [2.75, 3.05) is 5.43 Å². The van der Waals surface area contributed by atoms with Gasteiger partial charge in [-0.1, -0.05) is 23.8 Å². The van der Waals surface area contributed by atoms with Crippen molar-refractivity contribution in [3.63, 3.8) is 0 Å². The van der Waals surface area contributed by atoms with Gasteiger partial charge in [-0.15, -0.1) is 0 Å². The van der Waals surface area contributed by atoms with Gasteiger partial charge >= 0.3 is 0 Å². The van der Waals surface area contributed by atoms with E-state index in [4.69, 9.17) is 10.6 Å². The lowest BCUT2D eigenvalue weighted by Gasteiger charge is -2.10. The molecule has 2 aromatic carbocycles. The predicted molar refractivity (Wildman–Crippen MR) is 70.2 cm³/mol. The van der Waals surface area contributed by atoms with Gasteiger partial charge in [0.25, 0.3) is 0 Å². The summed E-state index contributed by atoms with van der Waals surface area (Å²) in [6.45, 7) is 4.10. The van der Waals surface area contributed by atoms with Crippen molar-refractivity contribution in [1.82, 2.24) is 0 Å². The molecule has 17 heavy (non-hydrogen) atoms. The molecule has 0 bridgehead atoms. The molecule has 88 valence electrons. The molecule has 0 aliphatic heterocycles.